The van der Waals surface area contributed by atoms with Gasteiger partial charge in [-0.05, 0) is 31.8 Å². The van der Waals surface area contributed by atoms with E-state index in [1.807, 2.05) is 0 Å². The van der Waals surface area contributed by atoms with E-state index in [9.17, 15) is 8.42 Å². The summed E-state index contributed by atoms with van der Waals surface area (Å²) in [6, 6.07) is 0. The fourth-order valence-electron chi connectivity index (χ4n) is 1.77. The normalized spacial score (nSPS) is 22.3. The van der Waals surface area contributed by atoms with E-state index in [-0.39, 0.29) is 0 Å². The van der Waals surface area contributed by atoms with Crippen LogP contribution in [-0.2, 0) is 10.1 Å². The molecular weight excluding hydrogens is 214 g/mol. The van der Waals surface area contributed by atoms with Crippen LogP contribution in [0.2, 0.25) is 0 Å². The number of hydrogen-bond donors (Lipinski definition) is 1. The highest BCUT2D eigenvalue weighted by molar-refractivity contribution is 7.85. The topological polar surface area (TPSA) is 57.6 Å². The second kappa shape index (κ2) is 7.19. The minimum Gasteiger partial charge on any atom is -0.303 e. The molecule has 0 aromatic carbocycles. The summed E-state index contributed by atoms with van der Waals surface area (Å²) in [5.41, 5.74) is 0. The van der Waals surface area contributed by atoms with Crippen molar-refractivity contribution in [1.82, 2.24) is 4.90 Å². The molecule has 0 aromatic rings. The monoisotopic (exact) mass is 237 g/mol. The van der Waals surface area contributed by atoms with E-state index in [0.29, 0.717) is 6.26 Å². The maximum absolute atomic E-state index is 9.19. The van der Waals surface area contributed by atoms with Gasteiger partial charge in [0, 0.05) is 6.54 Å². The lowest BCUT2D eigenvalue weighted by atomic mass is 10.1. The second-order valence-corrected chi connectivity index (χ2v) is 5.56. The van der Waals surface area contributed by atoms with Gasteiger partial charge in [0.05, 0.1) is 6.26 Å². The smallest absolute Gasteiger partial charge is 0.261 e. The molecule has 0 spiro atoms. The molecule has 1 aliphatic heterocycles. The standard InChI is InChI=1S/C9H19N.CH4O3S/c1-3-6-10-7-5-9(4-2)8-10;1-5(2,3)4/h9H,3-8H2,1-2H3;1H3,(H,2,3,4). The fraction of sp³-hybridized carbons (Fsp3) is 1.00. The van der Waals surface area contributed by atoms with E-state index in [0.717, 1.165) is 5.92 Å². The zero-order valence-corrected chi connectivity index (χ0v) is 10.8. The molecule has 1 saturated heterocycles. The molecule has 0 radical (unpaired) electrons. The molecule has 0 bridgehead atoms. The van der Waals surface area contributed by atoms with Gasteiger partial charge in [0.2, 0.25) is 0 Å². The quantitative estimate of drug-likeness (QED) is 0.758. The van der Waals surface area contributed by atoms with Crippen LogP contribution in [0.3, 0.4) is 0 Å². The van der Waals surface area contributed by atoms with Crippen LogP contribution in [0.25, 0.3) is 0 Å². The van der Waals surface area contributed by atoms with E-state index in [1.165, 1.54) is 38.9 Å². The average Bonchev–Trinajstić information content (AvgIpc) is 2.50. The number of rotatable bonds is 3. The Hall–Kier alpha value is -0.130. The van der Waals surface area contributed by atoms with Crippen LogP contribution in [0.5, 0.6) is 0 Å². The van der Waals surface area contributed by atoms with E-state index >= 15 is 0 Å². The minimum absolute atomic E-state index is 0.715. The number of nitrogens with zero attached hydrogens (tertiary/aromatic N) is 1. The second-order valence-electron chi connectivity index (χ2n) is 4.10. The van der Waals surface area contributed by atoms with Gasteiger partial charge in [0.1, 0.15) is 0 Å². The summed E-state index contributed by atoms with van der Waals surface area (Å²) in [6.07, 6.45) is 4.85. The van der Waals surface area contributed by atoms with E-state index in [4.69, 9.17) is 4.55 Å². The van der Waals surface area contributed by atoms with Crippen LogP contribution in [0.1, 0.15) is 33.1 Å². The summed E-state index contributed by atoms with van der Waals surface area (Å²) in [4.78, 5) is 2.59. The van der Waals surface area contributed by atoms with Gasteiger partial charge in [0.15, 0.2) is 0 Å². The van der Waals surface area contributed by atoms with E-state index in [1.54, 1.807) is 0 Å². The maximum Gasteiger partial charge on any atom is 0.261 e. The Kier molecular flexibility index (Phi) is 7.13. The summed E-state index contributed by atoms with van der Waals surface area (Å²) in [7, 11) is -3.67. The summed E-state index contributed by atoms with van der Waals surface area (Å²) < 4.78 is 25.9. The summed E-state index contributed by atoms with van der Waals surface area (Å²) in [6.45, 7) is 8.60. The molecule has 15 heavy (non-hydrogen) atoms. The zero-order valence-electron chi connectivity index (χ0n) is 9.94. The summed E-state index contributed by atoms with van der Waals surface area (Å²) >= 11 is 0. The van der Waals surface area contributed by atoms with Gasteiger partial charge >= 0.3 is 0 Å². The molecule has 0 aliphatic carbocycles. The highest BCUT2D eigenvalue weighted by Gasteiger charge is 2.19. The molecular formula is C10H23NO3S. The van der Waals surface area contributed by atoms with Gasteiger partial charge < -0.3 is 4.90 Å². The van der Waals surface area contributed by atoms with Crippen LogP contribution in [0.4, 0.5) is 0 Å². The minimum atomic E-state index is -3.67. The van der Waals surface area contributed by atoms with Gasteiger partial charge in [-0.2, -0.15) is 8.42 Å². The fourth-order valence-corrected chi connectivity index (χ4v) is 1.77. The molecule has 1 rings (SSSR count). The maximum atomic E-state index is 9.19. The third kappa shape index (κ3) is 10.2. The highest BCUT2D eigenvalue weighted by atomic mass is 32.2. The summed E-state index contributed by atoms with van der Waals surface area (Å²) in [5, 5.41) is 0. The van der Waals surface area contributed by atoms with Gasteiger partial charge in [-0.1, -0.05) is 20.3 Å². The van der Waals surface area contributed by atoms with Crippen molar-refractivity contribution in [3.63, 3.8) is 0 Å². The highest BCUT2D eigenvalue weighted by Crippen LogP contribution is 2.18. The Balaban J connectivity index is 0.000000336. The molecule has 1 atom stereocenters. The summed E-state index contributed by atoms with van der Waals surface area (Å²) in [5.74, 6) is 1.01. The van der Waals surface area contributed by atoms with Crippen LogP contribution in [0, 0.1) is 5.92 Å². The van der Waals surface area contributed by atoms with Crippen molar-refractivity contribution < 1.29 is 13.0 Å². The van der Waals surface area contributed by atoms with Crippen LogP contribution < -0.4 is 0 Å². The van der Waals surface area contributed by atoms with Crippen LogP contribution in [0.15, 0.2) is 0 Å². The van der Waals surface area contributed by atoms with Gasteiger partial charge in [-0.25, -0.2) is 0 Å². The van der Waals surface area contributed by atoms with Gasteiger partial charge in [-0.3, -0.25) is 4.55 Å². The molecule has 1 heterocycles. The Morgan fingerprint density at radius 3 is 2.27 bits per heavy atom. The molecule has 92 valence electrons. The Morgan fingerprint density at radius 1 is 1.40 bits per heavy atom. The molecule has 1 aliphatic rings. The Morgan fingerprint density at radius 2 is 1.93 bits per heavy atom. The third-order valence-corrected chi connectivity index (χ3v) is 2.49. The van der Waals surface area contributed by atoms with Gasteiger partial charge in [0.25, 0.3) is 10.1 Å². The molecule has 0 saturated carbocycles. The van der Waals surface area contributed by atoms with Crippen molar-refractivity contribution in [3.8, 4) is 0 Å². The van der Waals surface area contributed by atoms with Crippen molar-refractivity contribution in [2.75, 3.05) is 25.9 Å². The zero-order chi connectivity index (χ0) is 11.9. The van der Waals surface area contributed by atoms with Crippen molar-refractivity contribution in [2.45, 2.75) is 33.1 Å². The third-order valence-electron chi connectivity index (χ3n) is 2.49. The SMILES string of the molecule is CCCN1CCC(CC)C1.CS(=O)(=O)O. The first kappa shape index (κ1) is 14.9. The Bertz CT molecular complexity index is 243. The van der Waals surface area contributed by atoms with E-state index < -0.39 is 10.1 Å². The lowest BCUT2D eigenvalue weighted by Gasteiger charge is -2.13. The van der Waals surface area contributed by atoms with Crippen molar-refractivity contribution in [2.24, 2.45) is 5.92 Å². The predicted octanol–water partition coefficient (Wildman–Crippen LogP) is 1.63. The predicted molar refractivity (Wildman–Crippen MR) is 62.6 cm³/mol. The van der Waals surface area contributed by atoms with Crippen molar-refractivity contribution in [1.29, 1.82) is 0 Å². The molecule has 5 heteroatoms. The first-order valence-corrected chi connectivity index (χ1v) is 7.36. The number of likely N-dealkylation sites (tertiary alicyclic amines) is 1. The van der Waals surface area contributed by atoms with Crippen LogP contribution in [-0.4, -0.2) is 43.8 Å². The number of hydrogen-bond acceptors (Lipinski definition) is 3. The first-order valence-electron chi connectivity index (χ1n) is 5.51. The molecule has 1 fully saturated rings. The Labute approximate surface area is 93.4 Å². The lowest BCUT2D eigenvalue weighted by Crippen LogP contribution is -2.21. The molecule has 1 N–H and O–H groups in total. The molecule has 4 nitrogen and oxygen atoms in total. The lowest BCUT2D eigenvalue weighted by molar-refractivity contribution is 0.323. The first-order chi connectivity index (χ1) is 6.86. The van der Waals surface area contributed by atoms with Crippen molar-refractivity contribution in [3.05, 3.63) is 0 Å². The van der Waals surface area contributed by atoms with Crippen molar-refractivity contribution >= 4 is 10.1 Å². The van der Waals surface area contributed by atoms with Gasteiger partial charge in [-0.15, -0.1) is 0 Å². The molecule has 0 amide bonds. The van der Waals surface area contributed by atoms with Crippen LogP contribution >= 0.6 is 0 Å². The molecule has 1 unspecified atom stereocenters. The largest absolute Gasteiger partial charge is 0.303 e. The average molecular weight is 237 g/mol. The molecule has 0 aromatic heterocycles. The van der Waals surface area contributed by atoms with E-state index in [2.05, 4.69) is 18.7 Å².